The standard InChI is InChI=1S/C18H19N3O2S/c1-12-5-3-6-13(9-12)11-20-16(22)10-15-18(23)21(2)14-7-4-8-19-17(14)24-15/h3-9,15H,10-11H2,1-2H3,(H,20,22)/t15-/m0/s1. The summed E-state index contributed by atoms with van der Waals surface area (Å²) in [6.45, 7) is 2.49. The number of carbonyl (C=O) groups excluding carboxylic acids is 2. The highest BCUT2D eigenvalue weighted by Gasteiger charge is 2.33. The van der Waals surface area contributed by atoms with Crippen LogP contribution in [-0.4, -0.2) is 29.1 Å². The molecule has 0 saturated heterocycles. The zero-order chi connectivity index (χ0) is 17.1. The Morgan fingerprint density at radius 1 is 1.33 bits per heavy atom. The molecule has 1 N–H and O–H groups in total. The van der Waals surface area contributed by atoms with Crippen LogP contribution in [0.1, 0.15) is 17.5 Å². The summed E-state index contributed by atoms with van der Waals surface area (Å²) in [7, 11) is 1.72. The largest absolute Gasteiger partial charge is 0.352 e. The third-order valence-electron chi connectivity index (χ3n) is 3.92. The van der Waals surface area contributed by atoms with Crippen LogP contribution in [0.25, 0.3) is 0 Å². The molecule has 0 bridgehead atoms. The normalized spacial score (nSPS) is 16.7. The third kappa shape index (κ3) is 3.59. The molecule has 1 atom stereocenters. The number of pyridine rings is 1. The number of nitrogens with one attached hydrogen (secondary N) is 1. The van der Waals surface area contributed by atoms with E-state index in [1.54, 1.807) is 24.2 Å². The van der Waals surface area contributed by atoms with Gasteiger partial charge in [0.2, 0.25) is 11.8 Å². The lowest BCUT2D eigenvalue weighted by Gasteiger charge is -2.29. The second kappa shape index (κ2) is 7.05. The van der Waals surface area contributed by atoms with E-state index in [-0.39, 0.29) is 18.2 Å². The van der Waals surface area contributed by atoms with Gasteiger partial charge in [0.05, 0.1) is 10.9 Å². The lowest BCUT2D eigenvalue weighted by Crippen LogP contribution is -2.41. The Morgan fingerprint density at radius 3 is 2.96 bits per heavy atom. The van der Waals surface area contributed by atoms with Crippen LogP contribution in [0.4, 0.5) is 5.69 Å². The Balaban J connectivity index is 1.61. The molecule has 2 aromatic rings. The third-order valence-corrected chi connectivity index (χ3v) is 5.11. The number of aromatic nitrogens is 1. The van der Waals surface area contributed by atoms with Crippen molar-refractivity contribution in [3.05, 3.63) is 53.7 Å². The van der Waals surface area contributed by atoms with Gasteiger partial charge in [-0.2, -0.15) is 0 Å². The van der Waals surface area contributed by atoms with Crippen LogP contribution in [0.5, 0.6) is 0 Å². The first-order chi connectivity index (χ1) is 11.5. The Labute approximate surface area is 145 Å². The van der Waals surface area contributed by atoms with E-state index in [2.05, 4.69) is 10.3 Å². The maximum absolute atomic E-state index is 12.4. The number of nitrogens with zero attached hydrogens (tertiary/aromatic N) is 2. The van der Waals surface area contributed by atoms with Crippen LogP contribution in [0, 0.1) is 6.92 Å². The summed E-state index contributed by atoms with van der Waals surface area (Å²) in [4.78, 5) is 30.5. The van der Waals surface area contributed by atoms with Gasteiger partial charge in [0.15, 0.2) is 0 Å². The number of aryl methyl sites for hydroxylation is 1. The quantitative estimate of drug-likeness (QED) is 0.928. The fourth-order valence-electron chi connectivity index (χ4n) is 2.64. The fraction of sp³-hybridized carbons (Fsp3) is 0.278. The van der Waals surface area contributed by atoms with Gasteiger partial charge in [-0.05, 0) is 24.6 Å². The van der Waals surface area contributed by atoms with Crippen molar-refractivity contribution in [1.82, 2.24) is 10.3 Å². The van der Waals surface area contributed by atoms with Crippen LogP contribution in [0.15, 0.2) is 47.6 Å². The highest BCUT2D eigenvalue weighted by atomic mass is 32.2. The van der Waals surface area contributed by atoms with Gasteiger partial charge >= 0.3 is 0 Å². The lowest BCUT2D eigenvalue weighted by atomic mass is 10.1. The highest BCUT2D eigenvalue weighted by molar-refractivity contribution is 8.00. The maximum atomic E-state index is 12.4. The molecule has 1 aromatic carbocycles. The minimum atomic E-state index is -0.435. The molecule has 0 fully saturated rings. The van der Waals surface area contributed by atoms with Crippen molar-refractivity contribution in [2.45, 2.75) is 30.2 Å². The zero-order valence-corrected chi connectivity index (χ0v) is 14.5. The Hall–Kier alpha value is -2.34. The number of anilines is 1. The molecule has 0 saturated carbocycles. The summed E-state index contributed by atoms with van der Waals surface area (Å²) in [5.74, 6) is -0.193. The first kappa shape index (κ1) is 16.5. The topological polar surface area (TPSA) is 62.3 Å². The minimum absolute atomic E-state index is 0.0637. The van der Waals surface area contributed by atoms with Crippen molar-refractivity contribution in [2.75, 3.05) is 11.9 Å². The average Bonchev–Trinajstić information content (AvgIpc) is 2.58. The van der Waals surface area contributed by atoms with Crippen molar-refractivity contribution >= 4 is 29.3 Å². The maximum Gasteiger partial charge on any atom is 0.240 e. The summed E-state index contributed by atoms with van der Waals surface area (Å²) in [5, 5.41) is 3.24. The number of benzene rings is 1. The smallest absolute Gasteiger partial charge is 0.240 e. The van der Waals surface area contributed by atoms with Crippen LogP contribution < -0.4 is 10.2 Å². The summed E-state index contributed by atoms with van der Waals surface area (Å²) < 4.78 is 0. The Bertz CT molecular complexity index is 778. The van der Waals surface area contributed by atoms with Gasteiger partial charge < -0.3 is 10.2 Å². The number of rotatable bonds is 4. The molecule has 1 aromatic heterocycles. The van der Waals surface area contributed by atoms with E-state index >= 15 is 0 Å². The van der Waals surface area contributed by atoms with Gasteiger partial charge in [-0.25, -0.2) is 4.98 Å². The van der Waals surface area contributed by atoms with Gasteiger partial charge in [0.25, 0.3) is 0 Å². The molecule has 0 unspecified atom stereocenters. The van der Waals surface area contributed by atoms with Gasteiger partial charge in [-0.3, -0.25) is 9.59 Å². The molecule has 0 spiro atoms. The van der Waals surface area contributed by atoms with Crippen LogP contribution in [0.3, 0.4) is 0 Å². The van der Waals surface area contributed by atoms with Gasteiger partial charge in [0, 0.05) is 26.2 Å². The zero-order valence-electron chi connectivity index (χ0n) is 13.7. The Morgan fingerprint density at radius 2 is 2.17 bits per heavy atom. The molecule has 0 radical (unpaired) electrons. The van der Waals surface area contributed by atoms with Crippen molar-refractivity contribution in [3.8, 4) is 0 Å². The van der Waals surface area contributed by atoms with E-state index in [0.29, 0.717) is 6.54 Å². The molecule has 0 aliphatic carbocycles. The molecule has 1 aliphatic heterocycles. The SMILES string of the molecule is Cc1cccc(CNC(=O)C[C@@H]2Sc3ncccc3N(C)C2=O)c1. The second-order valence-electron chi connectivity index (χ2n) is 5.80. The summed E-state index contributed by atoms with van der Waals surface area (Å²) >= 11 is 1.36. The van der Waals surface area contributed by atoms with E-state index in [1.807, 2.05) is 37.3 Å². The molecular formula is C18H19N3O2S. The highest BCUT2D eigenvalue weighted by Crippen LogP contribution is 2.37. The molecule has 124 valence electrons. The lowest BCUT2D eigenvalue weighted by molar-refractivity contribution is -0.124. The van der Waals surface area contributed by atoms with E-state index in [1.165, 1.54) is 11.8 Å². The predicted molar refractivity (Wildman–Crippen MR) is 94.9 cm³/mol. The van der Waals surface area contributed by atoms with Crippen molar-refractivity contribution < 1.29 is 9.59 Å². The number of fused-ring (bicyclic) bond motifs is 1. The number of thioether (sulfide) groups is 1. The molecule has 6 heteroatoms. The Kier molecular flexibility index (Phi) is 4.85. The summed E-state index contributed by atoms with van der Waals surface area (Å²) in [6, 6.07) is 11.7. The van der Waals surface area contributed by atoms with Crippen molar-refractivity contribution in [2.24, 2.45) is 0 Å². The van der Waals surface area contributed by atoms with E-state index in [9.17, 15) is 9.59 Å². The average molecular weight is 341 g/mol. The van der Waals surface area contributed by atoms with Crippen LogP contribution in [-0.2, 0) is 16.1 Å². The molecule has 24 heavy (non-hydrogen) atoms. The van der Waals surface area contributed by atoms with Gasteiger partial charge in [-0.15, -0.1) is 0 Å². The molecule has 3 rings (SSSR count). The first-order valence-corrected chi connectivity index (χ1v) is 8.64. The molecular weight excluding hydrogens is 322 g/mol. The first-order valence-electron chi connectivity index (χ1n) is 7.76. The number of hydrogen-bond donors (Lipinski definition) is 1. The van der Waals surface area contributed by atoms with Crippen LogP contribution in [0.2, 0.25) is 0 Å². The molecule has 5 nitrogen and oxygen atoms in total. The molecule has 2 amide bonds. The van der Waals surface area contributed by atoms with E-state index in [0.717, 1.165) is 21.8 Å². The van der Waals surface area contributed by atoms with E-state index in [4.69, 9.17) is 0 Å². The van der Waals surface area contributed by atoms with Crippen LogP contribution >= 0.6 is 11.8 Å². The summed E-state index contributed by atoms with van der Waals surface area (Å²) in [6.07, 6.45) is 1.85. The van der Waals surface area contributed by atoms with Gasteiger partial charge in [0.1, 0.15) is 5.03 Å². The summed E-state index contributed by atoms with van der Waals surface area (Å²) in [5.41, 5.74) is 3.00. The molecule has 1 aliphatic rings. The predicted octanol–water partition coefficient (Wildman–Crippen LogP) is 2.53. The second-order valence-corrected chi connectivity index (χ2v) is 6.99. The van der Waals surface area contributed by atoms with Crippen molar-refractivity contribution in [3.63, 3.8) is 0 Å². The minimum Gasteiger partial charge on any atom is -0.352 e. The fourth-order valence-corrected chi connectivity index (χ4v) is 3.85. The number of carbonyl (C=O) groups is 2. The number of amides is 2. The van der Waals surface area contributed by atoms with Crippen molar-refractivity contribution in [1.29, 1.82) is 0 Å². The molecule has 2 heterocycles. The monoisotopic (exact) mass is 341 g/mol. The number of hydrogen-bond acceptors (Lipinski definition) is 4. The van der Waals surface area contributed by atoms with E-state index < -0.39 is 5.25 Å². The van der Waals surface area contributed by atoms with Gasteiger partial charge in [-0.1, -0.05) is 41.6 Å².